The molecular formula is C54H58B2O4. The molecule has 2 heterocycles. The largest absolute Gasteiger partial charge is 0.494 e. The third-order valence-electron chi connectivity index (χ3n) is 14.8. The fourth-order valence-corrected chi connectivity index (χ4v) is 10.2. The Balaban J connectivity index is 1.26. The van der Waals surface area contributed by atoms with E-state index in [1.54, 1.807) is 0 Å². The van der Waals surface area contributed by atoms with Crippen molar-refractivity contribution in [2.45, 2.75) is 113 Å². The maximum absolute atomic E-state index is 6.55. The summed E-state index contributed by atoms with van der Waals surface area (Å²) in [7, 11) is -0.854. The molecule has 1 aliphatic carbocycles. The minimum Gasteiger partial charge on any atom is -0.399 e. The van der Waals surface area contributed by atoms with E-state index >= 15 is 0 Å². The van der Waals surface area contributed by atoms with Gasteiger partial charge in [-0.15, -0.1) is 0 Å². The Kier molecular flexibility index (Phi) is 10.6. The van der Waals surface area contributed by atoms with Crippen LogP contribution in [0.1, 0.15) is 124 Å². The van der Waals surface area contributed by atoms with Gasteiger partial charge in [0.2, 0.25) is 0 Å². The third-order valence-corrected chi connectivity index (χ3v) is 14.8. The normalized spacial score (nSPS) is 26.5. The second-order valence-corrected chi connectivity index (χ2v) is 19.3. The molecule has 0 aromatic heterocycles. The van der Waals surface area contributed by atoms with Crippen LogP contribution in [0.4, 0.5) is 0 Å². The van der Waals surface area contributed by atoms with Gasteiger partial charge in [-0.05, 0) is 135 Å². The first-order valence-electron chi connectivity index (χ1n) is 21.9. The van der Waals surface area contributed by atoms with Gasteiger partial charge in [-0.3, -0.25) is 0 Å². The maximum Gasteiger partial charge on any atom is 0.494 e. The minimum atomic E-state index is -0.427. The van der Waals surface area contributed by atoms with Crippen molar-refractivity contribution in [3.63, 3.8) is 0 Å². The first-order valence-corrected chi connectivity index (χ1v) is 21.9. The van der Waals surface area contributed by atoms with Crippen molar-refractivity contribution in [2.75, 3.05) is 0 Å². The molecule has 2 aliphatic heterocycles. The summed E-state index contributed by atoms with van der Waals surface area (Å²) in [5.41, 5.74) is 8.42. The molecule has 2 saturated heterocycles. The van der Waals surface area contributed by atoms with E-state index in [-0.39, 0.29) is 35.5 Å². The molecule has 4 atom stereocenters. The summed E-state index contributed by atoms with van der Waals surface area (Å²) >= 11 is 0. The van der Waals surface area contributed by atoms with Crippen LogP contribution >= 0.6 is 0 Å². The standard InChI is InChI=1S/C54H58B2O4/c1-51(2)52(3,4)58-55(57-51)43-33-29-41(30-34-43)49-45(37-21-13-9-14-22-37)47(39-25-17-11-18-26-39)50(42-31-35-44(36-32-42)56-59-53(5,6)54(7,8)60-56)48(40-27-19-12-20-28-40)46(49)38-23-15-10-16-24-38/h9-36,45-50H,1-8H3. The van der Waals surface area contributed by atoms with Gasteiger partial charge in [0, 0.05) is 0 Å². The summed E-state index contributed by atoms with van der Waals surface area (Å²) in [5.74, 6) is 0.697. The maximum atomic E-state index is 6.55. The van der Waals surface area contributed by atoms with Crippen molar-refractivity contribution < 1.29 is 18.6 Å². The van der Waals surface area contributed by atoms with E-state index in [1.165, 1.54) is 33.4 Å². The van der Waals surface area contributed by atoms with E-state index in [9.17, 15) is 0 Å². The summed E-state index contributed by atoms with van der Waals surface area (Å²) in [6.07, 6.45) is 0. The molecule has 0 N–H and O–H groups in total. The van der Waals surface area contributed by atoms with Gasteiger partial charge in [-0.25, -0.2) is 0 Å². The van der Waals surface area contributed by atoms with Crippen LogP contribution in [0.5, 0.6) is 0 Å². The molecule has 4 unspecified atom stereocenters. The lowest BCUT2D eigenvalue weighted by Crippen LogP contribution is -2.41. The van der Waals surface area contributed by atoms with Gasteiger partial charge in [0.15, 0.2) is 0 Å². The van der Waals surface area contributed by atoms with Crippen molar-refractivity contribution in [2.24, 2.45) is 0 Å². The van der Waals surface area contributed by atoms with E-state index in [2.05, 4.69) is 225 Å². The van der Waals surface area contributed by atoms with Crippen molar-refractivity contribution in [1.82, 2.24) is 0 Å². The van der Waals surface area contributed by atoms with Crippen LogP contribution in [0.2, 0.25) is 0 Å². The molecule has 6 aromatic carbocycles. The summed E-state index contributed by atoms with van der Waals surface area (Å²) in [5, 5.41) is 0. The van der Waals surface area contributed by atoms with E-state index < -0.39 is 36.6 Å². The van der Waals surface area contributed by atoms with Gasteiger partial charge < -0.3 is 18.6 Å². The van der Waals surface area contributed by atoms with Gasteiger partial charge >= 0.3 is 14.2 Å². The van der Waals surface area contributed by atoms with Crippen molar-refractivity contribution in [3.05, 3.63) is 203 Å². The van der Waals surface area contributed by atoms with Gasteiger partial charge in [0.05, 0.1) is 22.4 Å². The molecule has 3 aliphatic rings. The van der Waals surface area contributed by atoms with Crippen molar-refractivity contribution >= 4 is 25.2 Å². The highest BCUT2D eigenvalue weighted by Crippen LogP contribution is 2.67. The van der Waals surface area contributed by atoms with Crippen LogP contribution < -0.4 is 10.9 Å². The molecule has 3 fully saturated rings. The number of hydrogen-bond donors (Lipinski definition) is 0. The fourth-order valence-electron chi connectivity index (χ4n) is 10.2. The lowest BCUT2D eigenvalue weighted by Gasteiger charge is -2.54. The number of rotatable bonds is 8. The zero-order valence-electron chi connectivity index (χ0n) is 36.4. The minimum absolute atomic E-state index is 0.109. The number of hydrogen-bond acceptors (Lipinski definition) is 4. The predicted molar refractivity (Wildman–Crippen MR) is 247 cm³/mol. The SMILES string of the molecule is CC1(C)OB(c2ccc(C3C(c4ccccc4)C(c4ccccc4)C(c4ccc(B5OC(C)(C)C(C)(C)O5)cc4)C(c4ccccc4)C3c3ccccc3)cc2)OC1(C)C. The smallest absolute Gasteiger partial charge is 0.399 e. The number of benzene rings is 6. The van der Waals surface area contributed by atoms with Gasteiger partial charge in [0.25, 0.3) is 0 Å². The topological polar surface area (TPSA) is 36.9 Å². The zero-order chi connectivity index (χ0) is 41.9. The highest BCUT2D eigenvalue weighted by Gasteiger charge is 2.55. The Bertz CT molecular complexity index is 2070. The van der Waals surface area contributed by atoms with Crippen LogP contribution in [0.25, 0.3) is 0 Å². The third kappa shape index (κ3) is 7.30. The molecule has 60 heavy (non-hydrogen) atoms. The molecule has 304 valence electrons. The average molecular weight is 793 g/mol. The molecule has 0 bridgehead atoms. The van der Waals surface area contributed by atoms with Gasteiger partial charge in [0.1, 0.15) is 0 Å². The van der Waals surface area contributed by atoms with Crippen LogP contribution in [0.15, 0.2) is 170 Å². The lowest BCUT2D eigenvalue weighted by molar-refractivity contribution is 0.00578. The Morgan fingerprint density at radius 3 is 0.650 bits per heavy atom. The molecule has 0 spiro atoms. The van der Waals surface area contributed by atoms with E-state index in [0.717, 1.165) is 10.9 Å². The Morgan fingerprint density at radius 2 is 0.450 bits per heavy atom. The lowest BCUT2D eigenvalue weighted by atomic mass is 9.49. The first-order chi connectivity index (χ1) is 28.7. The molecule has 0 amide bonds. The average Bonchev–Trinajstić information content (AvgIpc) is 3.63. The van der Waals surface area contributed by atoms with E-state index in [1.807, 2.05) is 0 Å². The highest BCUT2D eigenvalue weighted by atomic mass is 16.7. The van der Waals surface area contributed by atoms with Crippen molar-refractivity contribution in [1.29, 1.82) is 0 Å². The molecule has 6 heteroatoms. The van der Waals surface area contributed by atoms with E-state index in [0.29, 0.717) is 0 Å². The van der Waals surface area contributed by atoms with Crippen LogP contribution in [-0.4, -0.2) is 36.6 Å². The van der Waals surface area contributed by atoms with Gasteiger partial charge in [-0.2, -0.15) is 0 Å². The molecular weight excluding hydrogens is 734 g/mol. The molecule has 1 saturated carbocycles. The predicted octanol–water partition coefficient (Wildman–Crippen LogP) is 11.3. The highest BCUT2D eigenvalue weighted by molar-refractivity contribution is 6.62. The Hall–Kier alpha value is -4.71. The van der Waals surface area contributed by atoms with Crippen LogP contribution in [0.3, 0.4) is 0 Å². The molecule has 4 nitrogen and oxygen atoms in total. The first kappa shape index (κ1) is 40.7. The van der Waals surface area contributed by atoms with E-state index in [4.69, 9.17) is 18.6 Å². The second-order valence-electron chi connectivity index (χ2n) is 19.3. The summed E-state index contributed by atoms with van der Waals surface area (Å²) in [6.45, 7) is 16.9. The van der Waals surface area contributed by atoms with Crippen LogP contribution in [0, 0.1) is 0 Å². The van der Waals surface area contributed by atoms with Crippen LogP contribution in [-0.2, 0) is 18.6 Å². The Labute approximate surface area is 359 Å². The summed E-state index contributed by atoms with van der Waals surface area (Å²) < 4.78 is 26.2. The fraction of sp³-hybridized carbons (Fsp3) is 0.333. The summed E-state index contributed by atoms with van der Waals surface area (Å²) in [4.78, 5) is 0. The van der Waals surface area contributed by atoms with Gasteiger partial charge in [-0.1, -0.05) is 170 Å². The molecule has 9 rings (SSSR count). The monoisotopic (exact) mass is 792 g/mol. The van der Waals surface area contributed by atoms with Crippen molar-refractivity contribution in [3.8, 4) is 0 Å². The molecule has 6 aromatic rings. The summed E-state index contributed by atoms with van der Waals surface area (Å²) in [6, 6.07) is 63.6. The quantitative estimate of drug-likeness (QED) is 0.144. The Morgan fingerprint density at radius 1 is 0.267 bits per heavy atom. The zero-order valence-corrected chi connectivity index (χ0v) is 36.4. The second kappa shape index (κ2) is 15.6. The molecule has 0 radical (unpaired) electrons.